The number of rotatable bonds is 8. The van der Waals surface area contributed by atoms with Gasteiger partial charge in [-0.3, -0.25) is 9.59 Å². The fourth-order valence-corrected chi connectivity index (χ4v) is 5.58. The molecule has 2 aromatic heterocycles. The zero-order valence-corrected chi connectivity index (χ0v) is 24.5. The number of aromatic nitrogens is 3. The average molecular weight is 668 g/mol. The third-order valence-corrected chi connectivity index (χ3v) is 8.63. The highest BCUT2D eigenvalue weighted by atomic mass is 35.5. The number of primary amides is 1. The number of carbonyl (C=O) groups is 2. The zero-order valence-electron chi connectivity index (χ0n) is 23.8. The van der Waals surface area contributed by atoms with Gasteiger partial charge in [-0.2, -0.15) is 27.1 Å². The maximum atomic E-state index is 14.7. The van der Waals surface area contributed by atoms with Crippen LogP contribution in [0.2, 0.25) is 5.02 Å². The Morgan fingerprint density at radius 2 is 1.93 bits per heavy atom. The Morgan fingerprint density at radius 3 is 2.54 bits per heavy atom. The van der Waals surface area contributed by atoms with Gasteiger partial charge in [-0.1, -0.05) is 11.6 Å². The Kier molecular flexibility index (Phi) is 7.47. The molecular weight excluding hydrogens is 644 g/mol. The standard InChI is InChI=1S/C30H24ClF6N5O4/c1-28(26(38)44)12-46-24-18(28)9-21(40-23(24)14-4-5-20(32)19(31)8-14)29(45,30(35,36)37)11-39-25(43)15-6-16-10-42(27(33)34)41-22(16)17(7-15)13-2-3-13/h4-10,13,27,45H,2-3,11-12H2,1H3,(H2,38,44)(H,39,43)/t28-,29?/m0/s1. The molecule has 0 bridgehead atoms. The summed E-state index contributed by atoms with van der Waals surface area (Å²) >= 11 is 5.92. The number of nitrogens with zero attached hydrogens (tertiary/aromatic N) is 3. The number of alkyl halides is 5. The Hall–Kier alpha value is -4.37. The van der Waals surface area contributed by atoms with E-state index in [1.807, 2.05) is 0 Å². The molecule has 1 saturated carbocycles. The van der Waals surface area contributed by atoms with Gasteiger partial charge in [0.15, 0.2) is 0 Å². The first-order chi connectivity index (χ1) is 21.5. The largest absolute Gasteiger partial charge is 0.489 e. The molecule has 6 rings (SSSR count). The summed E-state index contributed by atoms with van der Waals surface area (Å²) in [6.45, 7) is -3.41. The molecule has 0 saturated heterocycles. The Labute approximate surface area is 261 Å². The topological polar surface area (TPSA) is 132 Å². The number of amides is 2. The van der Waals surface area contributed by atoms with Gasteiger partial charge in [-0.05, 0) is 67.6 Å². The molecule has 1 fully saturated rings. The first-order valence-electron chi connectivity index (χ1n) is 13.9. The summed E-state index contributed by atoms with van der Waals surface area (Å²) < 4.78 is 90.9. The number of ether oxygens (including phenoxy) is 1. The van der Waals surface area contributed by atoms with Crippen LogP contribution in [0.4, 0.5) is 26.3 Å². The van der Waals surface area contributed by atoms with E-state index >= 15 is 0 Å². The highest BCUT2D eigenvalue weighted by molar-refractivity contribution is 6.31. The van der Waals surface area contributed by atoms with Gasteiger partial charge in [-0.25, -0.2) is 14.1 Å². The van der Waals surface area contributed by atoms with Crippen LogP contribution in [0, 0.1) is 5.82 Å². The number of benzene rings is 2. The molecule has 2 aliphatic rings. The van der Waals surface area contributed by atoms with E-state index < -0.39 is 53.6 Å². The van der Waals surface area contributed by atoms with Crippen molar-refractivity contribution in [3.05, 3.63) is 75.8 Å². The molecule has 4 N–H and O–H groups in total. The molecule has 1 aliphatic carbocycles. The van der Waals surface area contributed by atoms with Crippen LogP contribution in [0.25, 0.3) is 22.2 Å². The number of carbonyl (C=O) groups excluding carboxylic acids is 2. The van der Waals surface area contributed by atoms with E-state index in [9.17, 15) is 41.0 Å². The summed E-state index contributed by atoms with van der Waals surface area (Å²) in [6.07, 6.45) is -2.97. The molecule has 16 heteroatoms. The van der Waals surface area contributed by atoms with Crippen LogP contribution >= 0.6 is 11.6 Å². The summed E-state index contributed by atoms with van der Waals surface area (Å²) in [5.41, 5.74) is -0.680. The van der Waals surface area contributed by atoms with E-state index in [1.54, 1.807) is 0 Å². The SMILES string of the molecule is C[C@]1(C(N)=O)COc2c1cc(C(O)(CNC(=O)c1cc(C3CC3)c3nn(C(F)F)cc3c1)C(F)(F)F)nc2-c1ccc(F)c(Cl)c1. The van der Waals surface area contributed by atoms with E-state index in [0.29, 0.717) is 10.2 Å². The van der Waals surface area contributed by atoms with Crippen molar-refractivity contribution in [3.63, 3.8) is 0 Å². The van der Waals surface area contributed by atoms with Gasteiger partial charge in [0.2, 0.25) is 11.5 Å². The minimum atomic E-state index is -5.44. The Bertz CT molecular complexity index is 1910. The van der Waals surface area contributed by atoms with Crippen molar-refractivity contribution in [2.45, 2.75) is 49.4 Å². The van der Waals surface area contributed by atoms with Gasteiger partial charge >= 0.3 is 12.7 Å². The molecule has 0 spiro atoms. The maximum Gasteiger partial charge on any atom is 0.424 e. The molecule has 2 atom stereocenters. The van der Waals surface area contributed by atoms with Gasteiger partial charge in [-0.15, -0.1) is 0 Å². The van der Waals surface area contributed by atoms with Gasteiger partial charge in [0.1, 0.15) is 29.3 Å². The minimum Gasteiger partial charge on any atom is -0.489 e. The van der Waals surface area contributed by atoms with Crippen LogP contribution in [0.15, 0.2) is 42.6 Å². The Balaban J connectivity index is 1.42. The van der Waals surface area contributed by atoms with Crippen molar-refractivity contribution in [1.82, 2.24) is 20.1 Å². The summed E-state index contributed by atoms with van der Waals surface area (Å²) in [4.78, 5) is 29.7. The number of pyridine rings is 1. The van der Waals surface area contributed by atoms with Crippen LogP contribution in [-0.2, 0) is 15.8 Å². The number of hydrogen-bond donors (Lipinski definition) is 3. The number of nitrogens with one attached hydrogen (secondary N) is 1. The van der Waals surface area contributed by atoms with E-state index in [2.05, 4.69) is 15.4 Å². The second kappa shape index (κ2) is 10.9. The summed E-state index contributed by atoms with van der Waals surface area (Å²) in [6, 6.07) is 6.64. The number of hydrogen-bond acceptors (Lipinski definition) is 6. The highest BCUT2D eigenvalue weighted by Crippen LogP contribution is 2.48. The monoisotopic (exact) mass is 667 g/mol. The second-order valence-corrected chi connectivity index (χ2v) is 12.0. The van der Waals surface area contributed by atoms with Crippen LogP contribution in [0.3, 0.4) is 0 Å². The summed E-state index contributed by atoms with van der Waals surface area (Å²) in [7, 11) is 0. The molecule has 0 radical (unpaired) electrons. The molecule has 3 heterocycles. The molecule has 9 nitrogen and oxygen atoms in total. The van der Waals surface area contributed by atoms with E-state index in [0.717, 1.165) is 37.2 Å². The number of aliphatic hydroxyl groups is 1. The molecule has 242 valence electrons. The lowest BCUT2D eigenvalue weighted by Gasteiger charge is -2.31. The molecular formula is C30H24ClF6N5O4. The van der Waals surface area contributed by atoms with E-state index in [4.69, 9.17) is 22.1 Å². The van der Waals surface area contributed by atoms with Crippen molar-refractivity contribution in [3.8, 4) is 17.0 Å². The van der Waals surface area contributed by atoms with E-state index in [-0.39, 0.29) is 56.6 Å². The summed E-state index contributed by atoms with van der Waals surface area (Å²) in [5, 5.41) is 17.1. The number of halogens is 7. The number of nitrogens with two attached hydrogens (primary N) is 1. The lowest BCUT2D eigenvalue weighted by Crippen LogP contribution is -2.51. The van der Waals surface area contributed by atoms with Gasteiger partial charge in [0.25, 0.3) is 5.91 Å². The third-order valence-electron chi connectivity index (χ3n) is 8.34. The van der Waals surface area contributed by atoms with Crippen molar-refractivity contribution < 1.29 is 45.8 Å². The van der Waals surface area contributed by atoms with Gasteiger partial charge in [0, 0.05) is 28.3 Å². The fraction of sp³-hybridized carbons (Fsp3) is 0.333. The molecule has 46 heavy (non-hydrogen) atoms. The predicted molar refractivity (Wildman–Crippen MR) is 152 cm³/mol. The van der Waals surface area contributed by atoms with Crippen molar-refractivity contribution in [1.29, 1.82) is 0 Å². The van der Waals surface area contributed by atoms with Crippen molar-refractivity contribution in [2.75, 3.05) is 13.2 Å². The van der Waals surface area contributed by atoms with Crippen molar-refractivity contribution in [2.24, 2.45) is 5.73 Å². The minimum absolute atomic E-state index is 0.0111. The third kappa shape index (κ3) is 5.20. The molecule has 2 aromatic carbocycles. The zero-order chi connectivity index (χ0) is 33.3. The number of fused-ring (bicyclic) bond motifs is 2. The second-order valence-electron chi connectivity index (χ2n) is 11.6. The smallest absolute Gasteiger partial charge is 0.424 e. The molecule has 2 amide bonds. The van der Waals surface area contributed by atoms with Crippen molar-refractivity contribution >= 4 is 34.3 Å². The summed E-state index contributed by atoms with van der Waals surface area (Å²) in [5.74, 6) is -2.97. The van der Waals surface area contributed by atoms with E-state index in [1.165, 1.54) is 25.1 Å². The first kappa shape index (κ1) is 31.6. The van der Waals surface area contributed by atoms with Crippen LogP contribution in [0.5, 0.6) is 5.75 Å². The van der Waals surface area contributed by atoms with Crippen LogP contribution < -0.4 is 15.8 Å². The molecule has 4 aromatic rings. The average Bonchev–Trinajstić information content (AvgIpc) is 3.65. The van der Waals surface area contributed by atoms with Gasteiger partial charge < -0.3 is 20.9 Å². The van der Waals surface area contributed by atoms with Crippen LogP contribution in [0.1, 0.15) is 59.4 Å². The van der Waals surface area contributed by atoms with Gasteiger partial charge in [0.05, 0.1) is 22.8 Å². The maximum absolute atomic E-state index is 14.7. The normalized spacial score (nSPS) is 19.2. The predicted octanol–water partition coefficient (Wildman–Crippen LogP) is 5.48. The molecule has 1 unspecified atom stereocenters. The Morgan fingerprint density at radius 1 is 1.22 bits per heavy atom. The first-order valence-corrected chi connectivity index (χ1v) is 14.2. The molecule has 1 aliphatic heterocycles. The van der Waals surface area contributed by atoms with Crippen LogP contribution in [-0.4, -0.2) is 51.0 Å². The highest BCUT2D eigenvalue weighted by Gasteiger charge is 2.57. The lowest BCUT2D eigenvalue weighted by molar-refractivity contribution is -0.265. The fourth-order valence-electron chi connectivity index (χ4n) is 5.40. The lowest BCUT2D eigenvalue weighted by atomic mass is 9.81. The quantitative estimate of drug-likeness (QED) is 0.213.